The summed E-state index contributed by atoms with van der Waals surface area (Å²) in [6, 6.07) is 11.6. The van der Waals surface area contributed by atoms with Gasteiger partial charge in [0.2, 0.25) is 5.88 Å². The lowest BCUT2D eigenvalue weighted by Crippen LogP contribution is -1.93. The quantitative estimate of drug-likeness (QED) is 0.858. The summed E-state index contributed by atoms with van der Waals surface area (Å²) < 4.78 is 11.5. The molecule has 2 aromatic rings. The standard InChI is InChI=1S/C14H14BrNO2/c1-3-18-11-6-4-10(5-7-11)14-12(15)8-9-13(16-14)17-2/h4-9H,3H2,1-2H3. The van der Waals surface area contributed by atoms with Crippen LogP contribution in [0.5, 0.6) is 11.6 Å². The van der Waals surface area contributed by atoms with E-state index in [2.05, 4.69) is 20.9 Å². The molecule has 0 saturated carbocycles. The van der Waals surface area contributed by atoms with Crippen LogP contribution in [0, 0.1) is 0 Å². The second-order valence-electron chi connectivity index (χ2n) is 3.64. The SMILES string of the molecule is CCOc1ccc(-c2nc(OC)ccc2Br)cc1. The maximum atomic E-state index is 5.42. The van der Waals surface area contributed by atoms with Crippen molar-refractivity contribution in [3.8, 4) is 22.9 Å². The fourth-order valence-corrected chi connectivity index (χ4v) is 2.07. The molecule has 0 saturated heterocycles. The fraction of sp³-hybridized carbons (Fsp3) is 0.214. The zero-order valence-corrected chi connectivity index (χ0v) is 11.9. The first-order valence-electron chi connectivity index (χ1n) is 5.68. The van der Waals surface area contributed by atoms with Crippen LogP contribution in [0.15, 0.2) is 40.9 Å². The number of pyridine rings is 1. The van der Waals surface area contributed by atoms with Crippen LogP contribution >= 0.6 is 15.9 Å². The summed E-state index contributed by atoms with van der Waals surface area (Å²) in [5.41, 5.74) is 1.88. The number of rotatable bonds is 4. The molecule has 0 N–H and O–H groups in total. The van der Waals surface area contributed by atoms with E-state index in [-0.39, 0.29) is 0 Å². The Labute approximate surface area is 115 Å². The summed E-state index contributed by atoms with van der Waals surface area (Å²) in [6.07, 6.45) is 0. The number of nitrogens with zero attached hydrogens (tertiary/aromatic N) is 1. The molecular weight excluding hydrogens is 294 g/mol. The van der Waals surface area contributed by atoms with Crippen LogP contribution in [0.3, 0.4) is 0 Å². The van der Waals surface area contributed by atoms with Gasteiger partial charge in [0.05, 0.1) is 19.4 Å². The van der Waals surface area contributed by atoms with Gasteiger partial charge >= 0.3 is 0 Å². The lowest BCUT2D eigenvalue weighted by atomic mass is 10.1. The smallest absolute Gasteiger partial charge is 0.213 e. The van der Waals surface area contributed by atoms with E-state index in [0.29, 0.717) is 12.5 Å². The van der Waals surface area contributed by atoms with Crippen LogP contribution in [0.4, 0.5) is 0 Å². The van der Waals surface area contributed by atoms with Gasteiger partial charge in [-0.05, 0) is 53.2 Å². The van der Waals surface area contributed by atoms with Gasteiger partial charge in [-0.15, -0.1) is 0 Å². The molecule has 0 amide bonds. The first-order chi connectivity index (χ1) is 8.74. The zero-order valence-electron chi connectivity index (χ0n) is 10.3. The molecule has 3 nitrogen and oxygen atoms in total. The molecule has 0 bridgehead atoms. The van der Waals surface area contributed by atoms with Crippen LogP contribution in [-0.2, 0) is 0 Å². The van der Waals surface area contributed by atoms with Crippen LogP contribution < -0.4 is 9.47 Å². The van der Waals surface area contributed by atoms with E-state index in [9.17, 15) is 0 Å². The molecule has 1 aromatic carbocycles. The molecule has 0 spiro atoms. The van der Waals surface area contributed by atoms with Crippen molar-refractivity contribution in [3.63, 3.8) is 0 Å². The topological polar surface area (TPSA) is 31.4 Å². The molecule has 0 atom stereocenters. The van der Waals surface area contributed by atoms with E-state index in [4.69, 9.17) is 9.47 Å². The van der Waals surface area contributed by atoms with Gasteiger partial charge in [0.25, 0.3) is 0 Å². The number of hydrogen-bond acceptors (Lipinski definition) is 3. The van der Waals surface area contributed by atoms with E-state index >= 15 is 0 Å². The van der Waals surface area contributed by atoms with E-state index in [1.807, 2.05) is 43.3 Å². The van der Waals surface area contributed by atoms with Crippen LogP contribution in [-0.4, -0.2) is 18.7 Å². The van der Waals surface area contributed by atoms with Gasteiger partial charge in [-0.25, -0.2) is 4.98 Å². The fourth-order valence-electron chi connectivity index (χ4n) is 1.62. The lowest BCUT2D eigenvalue weighted by molar-refractivity contribution is 0.340. The number of halogens is 1. The monoisotopic (exact) mass is 307 g/mol. The van der Waals surface area contributed by atoms with Crippen molar-refractivity contribution in [2.75, 3.05) is 13.7 Å². The Morgan fingerprint density at radius 2 is 1.83 bits per heavy atom. The van der Waals surface area contributed by atoms with Crippen molar-refractivity contribution in [2.45, 2.75) is 6.92 Å². The van der Waals surface area contributed by atoms with Crippen LogP contribution in [0.2, 0.25) is 0 Å². The van der Waals surface area contributed by atoms with Gasteiger partial charge in [0.1, 0.15) is 5.75 Å². The summed E-state index contributed by atoms with van der Waals surface area (Å²) >= 11 is 3.50. The first-order valence-corrected chi connectivity index (χ1v) is 6.47. The minimum atomic E-state index is 0.599. The molecule has 0 unspecified atom stereocenters. The summed E-state index contributed by atoms with van der Waals surface area (Å²) in [5, 5.41) is 0. The normalized spacial score (nSPS) is 10.2. The Morgan fingerprint density at radius 3 is 2.44 bits per heavy atom. The number of aromatic nitrogens is 1. The summed E-state index contributed by atoms with van der Waals surface area (Å²) in [7, 11) is 1.61. The van der Waals surface area contributed by atoms with Crippen molar-refractivity contribution in [1.29, 1.82) is 0 Å². The van der Waals surface area contributed by atoms with E-state index in [0.717, 1.165) is 21.5 Å². The highest BCUT2D eigenvalue weighted by Crippen LogP contribution is 2.29. The predicted molar refractivity (Wildman–Crippen MR) is 75.1 cm³/mol. The third-order valence-electron chi connectivity index (χ3n) is 2.47. The summed E-state index contributed by atoms with van der Waals surface area (Å²) in [4.78, 5) is 4.43. The largest absolute Gasteiger partial charge is 0.494 e. The van der Waals surface area contributed by atoms with Crippen molar-refractivity contribution < 1.29 is 9.47 Å². The zero-order chi connectivity index (χ0) is 13.0. The second kappa shape index (κ2) is 5.87. The number of methoxy groups -OCH3 is 1. The van der Waals surface area contributed by atoms with Crippen molar-refractivity contribution in [2.24, 2.45) is 0 Å². The molecular formula is C14H14BrNO2. The lowest BCUT2D eigenvalue weighted by Gasteiger charge is -2.07. The molecule has 4 heteroatoms. The third kappa shape index (κ3) is 2.82. The number of ether oxygens (including phenoxy) is 2. The van der Waals surface area contributed by atoms with E-state index in [1.165, 1.54) is 0 Å². The molecule has 1 aromatic heterocycles. The Bertz CT molecular complexity index is 526. The highest BCUT2D eigenvalue weighted by atomic mass is 79.9. The van der Waals surface area contributed by atoms with Gasteiger partial charge < -0.3 is 9.47 Å². The maximum absolute atomic E-state index is 5.42. The minimum absolute atomic E-state index is 0.599. The molecule has 18 heavy (non-hydrogen) atoms. The Kier molecular flexibility index (Phi) is 4.20. The van der Waals surface area contributed by atoms with Gasteiger partial charge in [-0.3, -0.25) is 0 Å². The van der Waals surface area contributed by atoms with Gasteiger partial charge in [-0.1, -0.05) is 0 Å². The van der Waals surface area contributed by atoms with Gasteiger partial charge in [-0.2, -0.15) is 0 Å². The average molecular weight is 308 g/mol. The molecule has 94 valence electrons. The third-order valence-corrected chi connectivity index (χ3v) is 3.11. The Morgan fingerprint density at radius 1 is 1.11 bits per heavy atom. The summed E-state index contributed by atoms with van der Waals surface area (Å²) in [6.45, 7) is 2.63. The van der Waals surface area contributed by atoms with Crippen molar-refractivity contribution in [1.82, 2.24) is 4.98 Å². The molecule has 2 rings (SSSR count). The van der Waals surface area contributed by atoms with Crippen molar-refractivity contribution in [3.05, 3.63) is 40.9 Å². The van der Waals surface area contributed by atoms with Crippen LogP contribution in [0.1, 0.15) is 6.92 Å². The summed E-state index contributed by atoms with van der Waals surface area (Å²) in [5.74, 6) is 1.46. The Hall–Kier alpha value is -1.55. The van der Waals surface area contributed by atoms with Crippen molar-refractivity contribution >= 4 is 15.9 Å². The average Bonchev–Trinajstić information content (AvgIpc) is 2.41. The molecule has 0 aliphatic heterocycles. The molecule has 1 heterocycles. The first kappa shape index (κ1) is 12.9. The second-order valence-corrected chi connectivity index (χ2v) is 4.50. The molecule has 0 fully saturated rings. The highest BCUT2D eigenvalue weighted by molar-refractivity contribution is 9.10. The Balaban J connectivity index is 2.35. The van der Waals surface area contributed by atoms with E-state index < -0.39 is 0 Å². The number of hydrogen-bond donors (Lipinski definition) is 0. The molecule has 0 aliphatic rings. The predicted octanol–water partition coefficient (Wildman–Crippen LogP) is 3.92. The highest BCUT2D eigenvalue weighted by Gasteiger charge is 2.07. The van der Waals surface area contributed by atoms with Gasteiger partial charge in [0, 0.05) is 16.1 Å². The molecule has 0 aliphatic carbocycles. The maximum Gasteiger partial charge on any atom is 0.213 e. The molecule has 0 radical (unpaired) electrons. The van der Waals surface area contributed by atoms with Crippen LogP contribution in [0.25, 0.3) is 11.3 Å². The number of benzene rings is 1. The van der Waals surface area contributed by atoms with Gasteiger partial charge in [0.15, 0.2) is 0 Å². The van der Waals surface area contributed by atoms with E-state index in [1.54, 1.807) is 7.11 Å². The minimum Gasteiger partial charge on any atom is -0.494 e.